The number of nitrogens with one attached hydrogen (secondary N) is 1. The Hall–Kier alpha value is -1.98. The second-order valence-corrected chi connectivity index (χ2v) is 4.60. The van der Waals surface area contributed by atoms with Crippen LogP contribution in [0.25, 0.3) is 0 Å². The molecule has 3 amide bonds. The van der Waals surface area contributed by atoms with Gasteiger partial charge in [0.05, 0.1) is 12.7 Å². The summed E-state index contributed by atoms with van der Waals surface area (Å²) < 4.78 is 13.1. The lowest BCUT2D eigenvalue weighted by atomic mass is 9.91. The van der Waals surface area contributed by atoms with Crippen molar-refractivity contribution in [1.29, 1.82) is 0 Å². The number of carbonyl (C=O) groups excluding carboxylic acids is 2. The van der Waals surface area contributed by atoms with E-state index >= 15 is 0 Å². The van der Waals surface area contributed by atoms with E-state index in [9.17, 15) is 14.0 Å². The highest BCUT2D eigenvalue weighted by atomic mass is 19.1. The van der Waals surface area contributed by atoms with Gasteiger partial charge in [-0.25, -0.2) is 9.18 Å². The molecule has 2 rings (SSSR count). The Morgan fingerprint density at radius 2 is 2.00 bits per heavy atom. The summed E-state index contributed by atoms with van der Waals surface area (Å²) in [6.07, 6.45) is 3.63. The molecule has 6 heteroatoms. The van der Waals surface area contributed by atoms with Crippen molar-refractivity contribution >= 4 is 11.9 Å². The minimum Gasteiger partial charge on any atom is -0.305 e. The number of rotatable bonds is 4. The molecule has 19 heavy (non-hydrogen) atoms. The summed E-state index contributed by atoms with van der Waals surface area (Å²) in [6.45, 7) is 3.89. The van der Waals surface area contributed by atoms with Crippen LogP contribution in [0.3, 0.4) is 0 Å². The number of imide groups is 1. The third-order valence-corrected chi connectivity index (χ3v) is 3.68. The van der Waals surface area contributed by atoms with Crippen molar-refractivity contribution in [2.45, 2.75) is 38.8 Å². The molecule has 0 aliphatic carbocycles. The lowest BCUT2D eigenvalue weighted by Gasteiger charge is -2.33. The molecule has 1 aliphatic heterocycles. The number of carbonyl (C=O) groups is 2. The van der Waals surface area contributed by atoms with E-state index in [1.165, 1.54) is 17.2 Å². The fourth-order valence-electron chi connectivity index (χ4n) is 2.50. The zero-order chi connectivity index (χ0) is 14.0. The van der Waals surface area contributed by atoms with Gasteiger partial charge in [0.25, 0.3) is 5.91 Å². The first-order valence-corrected chi connectivity index (χ1v) is 6.26. The van der Waals surface area contributed by atoms with Crippen molar-refractivity contribution in [3.8, 4) is 0 Å². The molecule has 102 valence electrons. The molecule has 1 aromatic rings. The van der Waals surface area contributed by atoms with Crippen LogP contribution in [0.4, 0.5) is 9.18 Å². The van der Waals surface area contributed by atoms with Gasteiger partial charge in [0, 0.05) is 6.20 Å². The summed E-state index contributed by atoms with van der Waals surface area (Å²) in [5.41, 5.74) is -0.278. The van der Waals surface area contributed by atoms with E-state index in [2.05, 4.69) is 10.3 Å². The number of amides is 3. The Labute approximate surface area is 110 Å². The maximum Gasteiger partial charge on any atom is 0.325 e. The first-order valence-electron chi connectivity index (χ1n) is 6.26. The van der Waals surface area contributed by atoms with Gasteiger partial charge in [0.2, 0.25) is 0 Å². The van der Waals surface area contributed by atoms with E-state index < -0.39 is 17.4 Å². The van der Waals surface area contributed by atoms with Gasteiger partial charge in [0.15, 0.2) is 0 Å². The van der Waals surface area contributed by atoms with E-state index in [0.717, 1.165) is 6.20 Å². The second kappa shape index (κ2) is 4.95. The highest BCUT2D eigenvalue weighted by Gasteiger charge is 2.50. The molecular formula is C13H16FN3O2. The van der Waals surface area contributed by atoms with Gasteiger partial charge in [0.1, 0.15) is 11.4 Å². The average molecular weight is 265 g/mol. The van der Waals surface area contributed by atoms with Gasteiger partial charge < -0.3 is 4.90 Å². The molecule has 0 spiro atoms. The lowest BCUT2D eigenvalue weighted by molar-refractivity contribution is -0.127. The number of halogens is 1. The Balaban J connectivity index is 2.31. The molecule has 5 nitrogen and oxygen atoms in total. The quantitative estimate of drug-likeness (QED) is 0.845. The van der Waals surface area contributed by atoms with Gasteiger partial charge in [-0.3, -0.25) is 15.1 Å². The van der Waals surface area contributed by atoms with Crippen LogP contribution in [0.2, 0.25) is 0 Å². The van der Waals surface area contributed by atoms with Crippen LogP contribution in [0.5, 0.6) is 0 Å². The summed E-state index contributed by atoms with van der Waals surface area (Å²) in [5.74, 6) is -0.742. The summed E-state index contributed by atoms with van der Waals surface area (Å²) in [7, 11) is 0. The van der Waals surface area contributed by atoms with Crippen LogP contribution in [-0.2, 0) is 11.3 Å². The molecule has 0 unspecified atom stereocenters. The van der Waals surface area contributed by atoms with Crippen molar-refractivity contribution in [3.05, 3.63) is 29.8 Å². The minimum atomic E-state index is -0.844. The monoisotopic (exact) mass is 265 g/mol. The number of aromatic nitrogens is 1. The Morgan fingerprint density at radius 3 is 2.58 bits per heavy atom. The maximum atomic E-state index is 13.1. The molecule has 0 radical (unpaired) electrons. The van der Waals surface area contributed by atoms with E-state index in [0.29, 0.717) is 18.4 Å². The van der Waals surface area contributed by atoms with Gasteiger partial charge in [-0.05, 0) is 24.5 Å². The number of nitrogens with zero attached hydrogens (tertiary/aromatic N) is 2. The fourth-order valence-corrected chi connectivity index (χ4v) is 2.50. The number of pyridine rings is 1. The van der Waals surface area contributed by atoms with E-state index in [1.807, 2.05) is 13.8 Å². The lowest BCUT2D eigenvalue weighted by Crippen LogP contribution is -2.48. The molecule has 1 saturated heterocycles. The van der Waals surface area contributed by atoms with Gasteiger partial charge in [-0.2, -0.15) is 0 Å². The maximum absolute atomic E-state index is 13.1. The van der Waals surface area contributed by atoms with Crippen molar-refractivity contribution < 1.29 is 14.0 Å². The number of hydrogen-bond donors (Lipinski definition) is 1. The van der Waals surface area contributed by atoms with Gasteiger partial charge in [-0.15, -0.1) is 0 Å². The van der Waals surface area contributed by atoms with Gasteiger partial charge >= 0.3 is 6.03 Å². The topological polar surface area (TPSA) is 62.3 Å². The number of urea groups is 1. The summed E-state index contributed by atoms with van der Waals surface area (Å²) in [6, 6.07) is 0.886. The molecule has 1 aromatic heterocycles. The zero-order valence-corrected chi connectivity index (χ0v) is 10.9. The van der Waals surface area contributed by atoms with Crippen LogP contribution in [0, 0.1) is 5.82 Å². The molecule has 0 aromatic carbocycles. The predicted octanol–water partition coefficient (Wildman–Crippen LogP) is 1.83. The Kier molecular flexibility index (Phi) is 3.50. The van der Waals surface area contributed by atoms with E-state index in [-0.39, 0.29) is 12.5 Å². The van der Waals surface area contributed by atoms with Crippen LogP contribution in [-0.4, -0.2) is 27.4 Å². The number of hydrogen-bond acceptors (Lipinski definition) is 3. The zero-order valence-electron chi connectivity index (χ0n) is 10.9. The Bertz CT molecular complexity index is 514. The summed E-state index contributed by atoms with van der Waals surface area (Å²) in [5, 5.41) is 2.33. The fraction of sp³-hybridized carbons (Fsp3) is 0.462. The van der Waals surface area contributed by atoms with Crippen molar-refractivity contribution in [2.75, 3.05) is 0 Å². The first-order chi connectivity index (χ1) is 9.03. The van der Waals surface area contributed by atoms with Crippen molar-refractivity contribution in [1.82, 2.24) is 15.2 Å². The molecular weight excluding hydrogens is 249 g/mol. The molecule has 1 fully saturated rings. The molecule has 2 heterocycles. The first kappa shape index (κ1) is 13.5. The standard InChI is InChI=1S/C13H16FN3O2/c1-3-13(4-2)11(18)16-12(19)17(13)8-9-5-10(14)7-15-6-9/h5-7H,3-4,8H2,1-2H3,(H,16,18,19). The highest BCUT2D eigenvalue weighted by Crippen LogP contribution is 2.30. The van der Waals surface area contributed by atoms with Crippen LogP contribution in [0.1, 0.15) is 32.3 Å². The highest BCUT2D eigenvalue weighted by molar-refractivity contribution is 6.06. The average Bonchev–Trinajstić information content (AvgIpc) is 2.61. The molecule has 0 atom stereocenters. The molecule has 1 aliphatic rings. The van der Waals surface area contributed by atoms with Crippen molar-refractivity contribution in [2.24, 2.45) is 0 Å². The third kappa shape index (κ3) is 2.18. The normalized spacial score (nSPS) is 17.7. The summed E-state index contributed by atoms with van der Waals surface area (Å²) in [4.78, 5) is 29.1. The summed E-state index contributed by atoms with van der Waals surface area (Å²) >= 11 is 0. The predicted molar refractivity (Wildman–Crippen MR) is 66.6 cm³/mol. The smallest absolute Gasteiger partial charge is 0.305 e. The van der Waals surface area contributed by atoms with E-state index in [1.54, 1.807) is 0 Å². The van der Waals surface area contributed by atoms with Crippen LogP contribution < -0.4 is 5.32 Å². The van der Waals surface area contributed by atoms with E-state index in [4.69, 9.17) is 0 Å². The third-order valence-electron chi connectivity index (χ3n) is 3.68. The molecule has 0 bridgehead atoms. The minimum absolute atomic E-state index is 0.171. The van der Waals surface area contributed by atoms with Gasteiger partial charge in [-0.1, -0.05) is 13.8 Å². The van der Waals surface area contributed by atoms with Crippen molar-refractivity contribution in [3.63, 3.8) is 0 Å². The largest absolute Gasteiger partial charge is 0.325 e. The van der Waals surface area contributed by atoms with Crippen LogP contribution >= 0.6 is 0 Å². The van der Waals surface area contributed by atoms with Crippen LogP contribution in [0.15, 0.2) is 18.5 Å². The molecule has 0 saturated carbocycles. The molecule has 1 N–H and O–H groups in total. The second-order valence-electron chi connectivity index (χ2n) is 4.60. The SMILES string of the molecule is CCC1(CC)C(=O)NC(=O)N1Cc1cncc(F)c1. The Morgan fingerprint density at radius 1 is 1.32 bits per heavy atom.